The molecule has 2 atom stereocenters. The first kappa shape index (κ1) is 22.3. The second-order valence-electron chi connectivity index (χ2n) is 9.82. The molecule has 1 aliphatic carbocycles. The fourth-order valence-electron chi connectivity index (χ4n) is 5.27. The number of hydrogen-bond acceptors (Lipinski definition) is 7. The van der Waals surface area contributed by atoms with E-state index in [-0.39, 0.29) is 17.3 Å². The summed E-state index contributed by atoms with van der Waals surface area (Å²) in [7, 11) is 1.64. The van der Waals surface area contributed by atoms with Crippen molar-refractivity contribution in [2.24, 2.45) is 10.7 Å². The van der Waals surface area contributed by atoms with Crippen molar-refractivity contribution >= 4 is 23.2 Å². The third-order valence-electron chi connectivity index (χ3n) is 7.66. The van der Waals surface area contributed by atoms with Crippen molar-refractivity contribution < 1.29 is 9.53 Å². The summed E-state index contributed by atoms with van der Waals surface area (Å²) in [5.74, 6) is 0.185. The van der Waals surface area contributed by atoms with Gasteiger partial charge < -0.3 is 10.5 Å². The average molecular weight is 494 g/mol. The highest BCUT2D eigenvalue weighted by Crippen LogP contribution is 2.52. The van der Waals surface area contributed by atoms with Gasteiger partial charge in [-0.15, -0.1) is 11.3 Å². The number of rotatable bonds is 3. The van der Waals surface area contributed by atoms with Crippen LogP contribution >= 0.6 is 11.3 Å². The van der Waals surface area contributed by atoms with Gasteiger partial charge in [0.2, 0.25) is 5.91 Å². The zero-order valence-electron chi connectivity index (χ0n) is 19.9. The predicted molar refractivity (Wildman–Crippen MR) is 136 cm³/mol. The highest BCUT2D eigenvalue weighted by molar-refractivity contribution is 7.12. The van der Waals surface area contributed by atoms with Crippen molar-refractivity contribution in [3.8, 4) is 29.0 Å². The number of nitrogens with two attached hydrogens (primary N) is 1. The molecule has 1 amide bonds. The van der Waals surface area contributed by atoms with Crippen molar-refractivity contribution in [3.63, 3.8) is 0 Å². The van der Waals surface area contributed by atoms with Gasteiger partial charge in [0.15, 0.2) is 5.96 Å². The Morgan fingerprint density at radius 1 is 1.14 bits per heavy atom. The molecule has 1 saturated carbocycles. The highest BCUT2D eigenvalue weighted by atomic mass is 32.1. The fourth-order valence-corrected chi connectivity index (χ4v) is 6.48. The second-order valence-corrected chi connectivity index (χ2v) is 11.0. The lowest BCUT2D eigenvalue weighted by molar-refractivity contribution is -0.130. The molecule has 3 aliphatic rings. The molecule has 178 valence electrons. The summed E-state index contributed by atoms with van der Waals surface area (Å²) in [6.07, 6.45) is 1.73. The summed E-state index contributed by atoms with van der Waals surface area (Å²) in [5, 5.41) is 19.0. The van der Waals surface area contributed by atoms with E-state index in [1.807, 2.05) is 43.3 Å². The smallest absolute Gasteiger partial charge is 0.239 e. The largest absolute Gasteiger partial charge is 0.487 e. The van der Waals surface area contributed by atoms with Gasteiger partial charge in [0.25, 0.3) is 0 Å². The van der Waals surface area contributed by atoms with E-state index in [2.05, 4.69) is 18.2 Å². The summed E-state index contributed by atoms with van der Waals surface area (Å²) in [6.45, 7) is 2.36. The van der Waals surface area contributed by atoms with E-state index in [0.29, 0.717) is 12.2 Å². The van der Waals surface area contributed by atoms with Gasteiger partial charge >= 0.3 is 0 Å². The zero-order chi connectivity index (χ0) is 25.2. The molecular formula is C28H23N5O2S. The molecule has 6 rings (SSSR count). The van der Waals surface area contributed by atoms with E-state index < -0.39 is 11.5 Å². The molecule has 8 heteroatoms. The Morgan fingerprint density at radius 3 is 2.56 bits per heavy atom. The normalized spacial score (nSPS) is 23.4. The molecule has 36 heavy (non-hydrogen) atoms. The summed E-state index contributed by atoms with van der Waals surface area (Å²) >= 11 is 1.56. The molecule has 0 bridgehead atoms. The van der Waals surface area contributed by atoms with Crippen LogP contribution in [0, 0.1) is 22.7 Å². The third-order valence-corrected chi connectivity index (χ3v) is 8.99. The van der Waals surface area contributed by atoms with Crippen molar-refractivity contribution in [1.29, 1.82) is 10.5 Å². The van der Waals surface area contributed by atoms with Crippen LogP contribution < -0.4 is 10.5 Å². The summed E-state index contributed by atoms with van der Waals surface area (Å²) in [6, 6.07) is 19.9. The van der Waals surface area contributed by atoms with E-state index in [0.717, 1.165) is 50.6 Å². The van der Waals surface area contributed by atoms with Crippen molar-refractivity contribution in [1.82, 2.24) is 4.90 Å². The number of aliphatic imine (C=N–C) groups is 1. The number of thiophene rings is 1. The molecule has 0 spiro atoms. The highest BCUT2D eigenvalue weighted by Gasteiger charge is 2.49. The topological polar surface area (TPSA) is 116 Å². The summed E-state index contributed by atoms with van der Waals surface area (Å²) in [5.41, 5.74) is 9.15. The molecule has 2 aromatic carbocycles. The van der Waals surface area contributed by atoms with Crippen LogP contribution in [-0.4, -0.2) is 23.8 Å². The van der Waals surface area contributed by atoms with Crippen LogP contribution in [0.4, 0.5) is 0 Å². The summed E-state index contributed by atoms with van der Waals surface area (Å²) in [4.78, 5) is 21.9. The quantitative estimate of drug-likeness (QED) is 0.576. The maximum absolute atomic E-state index is 13.7. The van der Waals surface area contributed by atoms with Gasteiger partial charge in [-0.2, -0.15) is 10.5 Å². The number of hydrogen-bond donors (Lipinski definition) is 1. The molecule has 1 aromatic heterocycles. The van der Waals surface area contributed by atoms with Gasteiger partial charge in [0.1, 0.15) is 17.9 Å². The van der Waals surface area contributed by atoms with Crippen LogP contribution in [0.3, 0.4) is 0 Å². The van der Waals surface area contributed by atoms with Gasteiger partial charge in [-0.1, -0.05) is 24.3 Å². The second kappa shape index (κ2) is 7.68. The zero-order valence-corrected chi connectivity index (χ0v) is 20.7. The van der Waals surface area contributed by atoms with Gasteiger partial charge in [0, 0.05) is 23.1 Å². The van der Waals surface area contributed by atoms with Crippen molar-refractivity contribution in [2.45, 2.75) is 43.2 Å². The molecule has 3 aromatic rings. The van der Waals surface area contributed by atoms with Crippen molar-refractivity contribution in [2.75, 3.05) is 7.05 Å². The SMILES string of the molecule is CN1C(=O)[C@@H](c2ccc(C3(C#N)CC3)cc2)[C@@](C)(c2cc3c(s2)COc2ccc(C#N)cc2-3)N=C1N. The van der Waals surface area contributed by atoms with Crippen LogP contribution in [-0.2, 0) is 22.4 Å². The molecular weight excluding hydrogens is 470 g/mol. The molecule has 0 unspecified atom stereocenters. The van der Waals surface area contributed by atoms with Gasteiger partial charge in [-0.25, -0.2) is 4.99 Å². The lowest BCUT2D eigenvalue weighted by atomic mass is 9.77. The average Bonchev–Trinajstić information content (AvgIpc) is 3.56. The molecule has 7 nitrogen and oxygen atoms in total. The summed E-state index contributed by atoms with van der Waals surface area (Å²) < 4.78 is 5.95. The Labute approximate surface area is 213 Å². The number of guanidine groups is 1. The Hall–Kier alpha value is -4.14. The van der Waals surface area contributed by atoms with E-state index >= 15 is 0 Å². The fraction of sp³-hybridized carbons (Fsp3) is 0.286. The van der Waals surface area contributed by atoms with E-state index in [9.17, 15) is 15.3 Å². The first-order valence-corrected chi connectivity index (χ1v) is 12.6. The third kappa shape index (κ3) is 3.15. The number of fused-ring (bicyclic) bond motifs is 3. The first-order chi connectivity index (χ1) is 17.3. The maximum atomic E-state index is 13.7. The van der Waals surface area contributed by atoms with Crippen LogP contribution in [0.25, 0.3) is 11.1 Å². The minimum Gasteiger partial charge on any atom is -0.487 e. The number of amides is 1. The minimum atomic E-state index is -0.934. The van der Waals surface area contributed by atoms with Gasteiger partial charge in [-0.3, -0.25) is 9.69 Å². The predicted octanol–water partition coefficient (Wildman–Crippen LogP) is 4.52. The monoisotopic (exact) mass is 493 g/mol. The lowest BCUT2D eigenvalue weighted by Crippen LogP contribution is -2.52. The molecule has 0 radical (unpaired) electrons. The Morgan fingerprint density at radius 2 is 1.89 bits per heavy atom. The standard InChI is InChI=1S/C28H23N5O2S/c1-27(23-12-20-19-11-16(13-29)3-8-21(19)35-14-22(20)36-23)24(25(34)33(2)26(31)32-27)17-4-6-18(7-5-17)28(15-30)9-10-28/h3-8,11-12,24H,9-10,14H2,1-2H3,(H2,31,32)/t24-,27-/m1/s1. The Kier molecular flexibility index (Phi) is 4.76. The Balaban J connectivity index is 1.47. The van der Waals surface area contributed by atoms with Crippen molar-refractivity contribution in [3.05, 3.63) is 75.0 Å². The van der Waals surface area contributed by atoms with Crippen LogP contribution in [0.2, 0.25) is 0 Å². The van der Waals surface area contributed by atoms with E-state index in [1.165, 1.54) is 4.90 Å². The number of nitriles is 2. The molecule has 1 fully saturated rings. The maximum Gasteiger partial charge on any atom is 0.239 e. The molecule has 2 aliphatic heterocycles. The first-order valence-electron chi connectivity index (χ1n) is 11.7. The lowest BCUT2D eigenvalue weighted by Gasteiger charge is -2.40. The number of likely N-dealkylation sites (N-methyl/N-ethyl adjacent to an activating group) is 1. The van der Waals surface area contributed by atoms with Gasteiger partial charge in [0.05, 0.1) is 33.9 Å². The molecule has 0 saturated heterocycles. The van der Waals surface area contributed by atoms with Crippen LogP contribution in [0.5, 0.6) is 5.75 Å². The number of carbonyl (C=O) groups is 1. The Bertz CT molecular complexity index is 1540. The number of benzene rings is 2. The molecule has 3 heterocycles. The number of nitrogens with zero attached hydrogens (tertiary/aromatic N) is 4. The van der Waals surface area contributed by atoms with E-state index in [1.54, 1.807) is 24.5 Å². The van der Waals surface area contributed by atoms with Gasteiger partial charge in [-0.05, 0) is 55.2 Å². The van der Waals surface area contributed by atoms with Crippen LogP contribution in [0.15, 0.2) is 53.5 Å². The van der Waals surface area contributed by atoms with E-state index in [4.69, 9.17) is 15.5 Å². The van der Waals surface area contributed by atoms with Crippen LogP contribution in [0.1, 0.15) is 52.1 Å². The number of carbonyl (C=O) groups excluding carboxylic acids is 1. The minimum absolute atomic E-state index is 0.131. The number of ether oxygens (including phenoxy) is 1. The molecule has 2 N–H and O–H groups in total.